The van der Waals surface area contributed by atoms with Crippen LogP contribution in [0.1, 0.15) is 15.9 Å². The molecule has 174 valence electrons. The minimum Gasteiger partial charge on any atom is -0.483 e. The topological polar surface area (TPSA) is 72.7 Å². The third-order valence-electron chi connectivity index (χ3n) is 4.86. The average Bonchev–Trinajstić information content (AvgIpc) is 3.13. The van der Waals surface area contributed by atoms with E-state index in [0.717, 1.165) is 22.3 Å². The second kappa shape index (κ2) is 9.52. The van der Waals surface area contributed by atoms with Gasteiger partial charge >= 0.3 is 6.18 Å². The number of aromatic nitrogens is 1. The van der Waals surface area contributed by atoms with Gasteiger partial charge in [-0.25, -0.2) is 0 Å². The molecule has 0 saturated carbocycles. The molecule has 3 aromatic carbocycles. The van der Waals surface area contributed by atoms with Crippen LogP contribution in [-0.4, -0.2) is 23.0 Å². The number of hydrogen-bond acceptors (Lipinski definition) is 4. The summed E-state index contributed by atoms with van der Waals surface area (Å²) in [5.41, 5.74) is 0.208. The van der Waals surface area contributed by atoms with Crippen molar-refractivity contribution in [3.8, 4) is 5.75 Å². The molecule has 0 aliphatic rings. The highest BCUT2D eigenvalue weighted by atomic mass is 32.1. The lowest BCUT2D eigenvalue weighted by molar-refractivity contribution is -0.137. The number of hydrogen-bond donors (Lipinski definition) is 1. The lowest BCUT2D eigenvalue weighted by Gasteiger charge is -2.11. The summed E-state index contributed by atoms with van der Waals surface area (Å²) < 4.78 is 46.9. The van der Waals surface area contributed by atoms with Crippen LogP contribution >= 0.6 is 11.3 Å². The van der Waals surface area contributed by atoms with E-state index in [0.29, 0.717) is 4.80 Å². The van der Waals surface area contributed by atoms with E-state index in [4.69, 9.17) is 4.74 Å². The molecule has 10 heteroatoms. The molecule has 0 spiro atoms. The maximum absolute atomic E-state index is 12.9. The zero-order valence-electron chi connectivity index (χ0n) is 17.8. The summed E-state index contributed by atoms with van der Waals surface area (Å²) in [7, 11) is 1.81. The van der Waals surface area contributed by atoms with Crippen LogP contribution in [0.15, 0.2) is 77.8 Å². The number of halogens is 3. The number of amides is 2. The van der Waals surface area contributed by atoms with Gasteiger partial charge in [0.2, 0.25) is 0 Å². The van der Waals surface area contributed by atoms with Crippen molar-refractivity contribution in [3.05, 3.63) is 88.7 Å². The van der Waals surface area contributed by atoms with E-state index >= 15 is 0 Å². The highest BCUT2D eigenvalue weighted by molar-refractivity contribution is 7.16. The van der Waals surface area contributed by atoms with Crippen LogP contribution in [0.2, 0.25) is 0 Å². The number of anilines is 1. The van der Waals surface area contributed by atoms with Gasteiger partial charge in [0.25, 0.3) is 11.8 Å². The third-order valence-corrected chi connectivity index (χ3v) is 5.97. The normalized spacial score (nSPS) is 12.1. The van der Waals surface area contributed by atoms with Gasteiger partial charge < -0.3 is 14.6 Å². The van der Waals surface area contributed by atoms with Gasteiger partial charge in [-0.1, -0.05) is 41.7 Å². The first kappa shape index (κ1) is 23.2. The Morgan fingerprint density at radius 3 is 2.53 bits per heavy atom. The Hall–Kier alpha value is -3.92. The Kier molecular flexibility index (Phi) is 6.51. The molecule has 0 saturated heterocycles. The number of nitrogens with zero attached hydrogens (tertiary/aromatic N) is 2. The van der Waals surface area contributed by atoms with Crippen LogP contribution < -0.4 is 14.9 Å². The Morgan fingerprint density at radius 2 is 1.76 bits per heavy atom. The Bertz CT molecular complexity index is 1440. The smallest absolute Gasteiger partial charge is 0.416 e. The number of nitrogens with one attached hydrogen (secondary N) is 1. The molecule has 0 bridgehead atoms. The highest BCUT2D eigenvalue weighted by Gasteiger charge is 2.30. The second-order valence-corrected chi connectivity index (χ2v) is 8.25. The van der Waals surface area contributed by atoms with Crippen LogP contribution in [0, 0.1) is 0 Å². The second-order valence-electron chi connectivity index (χ2n) is 7.24. The van der Waals surface area contributed by atoms with E-state index in [2.05, 4.69) is 10.3 Å². The van der Waals surface area contributed by atoms with Crippen LogP contribution in [0.3, 0.4) is 0 Å². The monoisotopic (exact) mass is 485 g/mol. The molecule has 1 heterocycles. The van der Waals surface area contributed by atoms with Gasteiger partial charge in [-0.05, 0) is 42.5 Å². The van der Waals surface area contributed by atoms with Crippen LogP contribution in [0.25, 0.3) is 10.2 Å². The molecule has 6 nitrogen and oxygen atoms in total. The van der Waals surface area contributed by atoms with Crippen molar-refractivity contribution in [2.24, 2.45) is 12.0 Å². The molecular formula is C24H18F3N3O3S. The molecule has 0 unspecified atom stereocenters. The summed E-state index contributed by atoms with van der Waals surface area (Å²) in [6.45, 7) is -0.503. The molecule has 2 amide bonds. The molecule has 4 aromatic rings. The van der Waals surface area contributed by atoms with E-state index in [-0.39, 0.29) is 17.0 Å². The Morgan fingerprint density at radius 1 is 1.03 bits per heavy atom. The number of alkyl halides is 3. The predicted octanol–water partition coefficient (Wildman–Crippen LogP) is 5.02. The molecule has 0 aliphatic carbocycles. The number of thiazole rings is 1. The van der Waals surface area contributed by atoms with Gasteiger partial charge in [-0.15, -0.1) is 0 Å². The summed E-state index contributed by atoms with van der Waals surface area (Å²) in [6, 6.07) is 18.3. The fraction of sp³-hybridized carbons (Fsp3) is 0.125. The Balaban J connectivity index is 1.49. The van der Waals surface area contributed by atoms with Crippen LogP contribution in [-0.2, 0) is 18.0 Å². The van der Waals surface area contributed by atoms with E-state index in [9.17, 15) is 22.8 Å². The number of carbonyl (C=O) groups excluding carboxylic acids is 2. The van der Waals surface area contributed by atoms with Crippen molar-refractivity contribution in [2.45, 2.75) is 6.18 Å². The van der Waals surface area contributed by atoms with E-state index in [1.807, 2.05) is 35.9 Å². The summed E-state index contributed by atoms with van der Waals surface area (Å²) >= 11 is 1.37. The minimum atomic E-state index is -4.52. The standard InChI is InChI=1S/C24H18F3N3O3S/c1-30-18-10-3-5-12-20(18)34-23(30)29-22(32)17-9-2-4-11-19(17)33-14-21(31)28-16-8-6-7-15(13-16)24(25,26)27/h2-13H,14H2,1H3,(H,28,31). The number of fused-ring (bicyclic) bond motifs is 1. The molecular weight excluding hydrogens is 467 g/mol. The van der Waals surface area contributed by atoms with Gasteiger partial charge in [-0.3, -0.25) is 9.59 Å². The van der Waals surface area contributed by atoms with E-state index in [1.165, 1.54) is 35.6 Å². The first-order valence-corrected chi connectivity index (χ1v) is 10.9. The van der Waals surface area contributed by atoms with Gasteiger partial charge in [0.05, 0.1) is 21.3 Å². The lowest BCUT2D eigenvalue weighted by atomic mass is 10.2. The van der Waals surface area contributed by atoms with Gasteiger partial charge in [0.15, 0.2) is 11.4 Å². The highest BCUT2D eigenvalue weighted by Crippen LogP contribution is 2.30. The fourth-order valence-corrected chi connectivity index (χ4v) is 4.23. The lowest BCUT2D eigenvalue weighted by Crippen LogP contribution is -2.21. The number of para-hydroxylation sites is 2. The van der Waals surface area contributed by atoms with Crippen molar-refractivity contribution in [3.63, 3.8) is 0 Å². The van der Waals surface area contributed by atoms with Crippen molar-refractivity contribution in [1.29, 1.82) is 0 Å². The first-order valence-electron chi connectivity index (χ1n) is 10.0. The largest absolute Gasteiger partial charge is 0.483 e. The molecule has 4 rings (SSSR count). The SMILES string of the molecule is Cn1c(=NC(=O)c2ccccc2OCC(=O)Nc2cccc(C(F)(F)F)c2)sc2ccccc21. The summed E-state index contributed by atoms with van der Waals surface area (Å²) in [5.74, 6) is -1.08. The summed E-state index contributed by atoms with van der Waals surface area (Å²) in [4.78, 5) is 29.8. The van der Waals surface area contributed by atoms with Crippen LogP contribution in [0.5, 0.6) is 5.75 Å². The number of aryl methyl sites for hydroxylation is 1. The number of carbonyl (C=O) groups is 2. The molecule has 0 fully saturated rings. The number of benzene rings is 3. The maximum atomic E-state index is 12.9. The molecule has 34 heavy (non-hydrogen) atoms. The van der Waals surface area contributed by atoms with Gasteiger partial charge in [0.1, 0.15) is 5.75 Å². The van der Waals surface area contributed by atoms with Crippen molar-refractivity contribution < 1.29 is 27.5 Å². The first-order chi connectivity index (χ1) is 16.2. The molecule has 1 N–H and O–H groups in total. The molecule has 1 aromatic heterocycles. The zero-order valence-corrected chi connectivity index (χ0v) is 18.6. The maximum Gasteiger partial charge on any atom is 0.416 e. The molecule has 0 atom stereocenters. The summed E-state index contributed by atoms with van der Waals surface area (Å²) in [5, 5.41) is 2.36. The van der Waals surface area contributed by atoms with E-state index in [1.54, 1.807) is 12.1 Å². The van der Waals surface area contributed by atoms with Crippen LogP contribution in [0.4, 0.5) is 18.9 Å². The van der Waals surface area contributed by atoms with Crippen molar-refractivity contribution in [2.75, 3.05) is 11.9 Å². The number of ether oxygens (including phenoxy) is 1. The minimum absolute atomic E-state index is 0.0138. The van der Waals surface area contributed by atoms with Crippen molar-refractivity contribution >= 4 is 39.1 Å². The van der Waals surface area contributed by atoms with E-state index < -0.39 is 30.2 Å². The predicted molar refractivity (Wildman–Crippen MR) is 123 cm³/mol. The Labute approximate surface area is 196 Å². The summed E-state index contributed by atoms with van der Waals surface area (Å²) in [6.07, 6.45) is -4.52. The van der Waals surface area contributed by atoms with Crippen molar-refractivity contribution in [1.82, 2.24) is 4.57 Å². The molecule has 0 aliphatic heterocycles. The fourth-order valence-electron chi connectivity index (χ4n) is 3.22. The average molecular weight is 485 g/mol. The quantitative estimate of drug-likeness (QED) is 0.432. The third kappa shape index (κ3) is 5.18. The zero-order chi connectivity index (χ0) is 24.3. The van der Waals surface area contributed by atoms with Gasteiger partial charge in [0, 0.05) is 12.7 Å². The van der Waals surface area contributed by atoms with Gasteiger partial charge in [-0.2, -0.15) is 18.2 Å². The molecule has 0 radical (unpaired) electrons. The number of rotatable bonds is 5.